The molecule has 84 valence electrons. The van der Waals surface area contributed by atoms with E-state index in [2.05, 4.69) is 0 Å². The van der Waals surface area contributed by atoms with E-state index in [0.717, 1.165) is 6.07 Å². The van der Waals surface area contributed by atoms with E-state index in [1.807, 2.05) is 0 Å². The summed E-state index contributed by atoms with van der Waals surface area (Å²) in [5.41, 5.74) is 0.197. The van der Waals surface area contributed by atoms with Gasteiger partial charge in [-0.05, 0) is 24.3 Å². The van der Waals surface area contributed by atoms with Crippen molar-refractivity contribution in [3.05, 3.63) is 47.5 Å². The molecule has 1 aromatic heterocycles. The number of hydrogen-bond donors (Lipinski definition) is 0. The van der Waals surface area contributed by atoms with Crippen molar-refractivity contribution in [1.29, 1.82) is 5.26 Å². The molecule has 0 saturated carbocycles. The zero-order valence-corrected chi connectivity index (χ0v) is 8.51. The molecule has 4 nitrogen and oxygen atoms in total. The van der Waals surface area contributed by atoms with Crippen molar-refractivity contribution >= 4 is 6.29 Å². The maximum atomic E-state index is 13.4. The SMILES string of the molecule is N#Cc1ccc(Oc2ccc(C=O)o2)c(F)c1. The van der Waals surface area contributed by atoms with Gasteiger partial charge in [0.15, 0.2) is 23.6 Å². The van der Waals surface area contributed by atoms with Crippen molar-refractivity contribution in [2.75, 3.05) is 0 Å². The topological polar surface area (TPSA) is 63.2 Å². The summed E-state index contributed by atoms with van der Waals surface area (Å²) in [6.45, 7) is 0. The Morgan fingerprint density at radius 2 is 2.18 bits per heavy atom. The molecule has 0 radical (unpaired) electrons. The van der Waals surface area contributed by atoms with Gasteiger partial charge >= 0.3 is 0 Å². The first-order valence-corrected chi connectivity index (χ1v) is 4.65. The van der Waals surface area contributed by atoms with Crippen LogP contribution in [0.5, 0.6) is 11.7 Å². The molecule has 1 heterocycles. The molecule has 0 bridgehead atoms. The Bertz CT molecular complexity index is 598. The second-order valence-corrected chi connectivity index (χ2v) is 3.13. The fraction of sp³-hybridized carbons (Fsp3) is 0. The molecule has 1 aromatic carbocycles. The molecular formula is C12H6FNO3. The lowest BCUT2D eigenvalue weighted by Crippen LogP contribution is -1.88. The van der Waals surface area contributed by atoms with Crippen molar-refractivity contribution < 1.29 is 18.3 Å². The minimum atomic E-state index is -0.673. The normalized spacial score (nSPS) is 9.65. The van der Waals surface area contributed by atoms with E-state index in [0.29, 0.717) is 6.29 Å². The standard InChI is InChI=1S/C12H6FNO3/c13-10-5-8(6-14)1-3-11(10)17-12-4-2-9(7-15)16-12/h1-5,7H. The molecule has 2 aromatic rings. The van der Waals surface area contributed by atoms with Crippen LogP contribution in [0.25, 0.3) is 0 Å². The first-order valence-electron chi connectivity index (χ1n) is 4.65. The van der Waals surface area contributed by atoms with Gasteiger partial charge in [0.05, 0.1) is 11.6 Å². The number of furan rings is 1. The highest BCUT2D eigenvalue weighted by molar-refractivity contribution is 5.70. The number of nitriles is 1. The molecule has 0 N–H and O–H groups in total. The Kier molecular flexibility index (Phi) is 2.88. The zero-order valence-electron chi connectivity index (χ0n) is 8.51. The number of nitrogens with zero attached hydrogens (tertiary/aromatic N) is 1. The Morgan fingerprint density at radius 3 is 2.76 bits per heavy atom. The lowest BCUT2D eigenvalue weighted by atomic mass is 10.2. The van der Waals surface area contributed by atoms with E-state index in [1.54, 1.807) is 6.07 Å². The van der Waals surface area contributed by atoms with Crippen molar-refractivity contribution in [1.82, 2.24) is 0 Å². The van der Waals surface area contributed by atoms with Gasteiger partial charge < -0.3 is 9.15 Å². The van der Waals surface area contributed by atoms with Gasteiger partial charge in [-0.15, -0.1) is 0 Å². The van der Waals surface area contributed by atoms with Crippen LogP contribution in [0.3, 0.4) is 0 Å². The van der Waals surface area contributed by atoms with Crippen LogP contribution in [0.4, 0.5) is 4.39 Å². The third kappa shape index (κ3) is 2.32. The third-order valence-corrected chi connectivity index (χ3v) is 1.99. The molecule has 0 unspecified atom stereocenters. The predicted molar refractivity (Wildman–Crippen MR) is 55.3 cm³/mol. The summed E-state index contributed by atoms with van der Waals surface area (Å²) >= 11 is 0. The molecular weight excluding hydrogens is 225 g/mol. The van der Waals surface area contributed by atoms with Crippen LogP contribution in [0.1, 0.15) is 16.1 Å². The van der Waals surface area contributed by atoms with Crippen molar-refractivity contribution in [2.24, 2.45) is 0 Å². The summed E-state index contributed by atoms with van der Waals surface area (Å²) in [5.74, 6) is -0.645. The van der Waals surface area contributed by atoms with Gasteiger partial charge in [-0.25, -0.2) is 4.39 Å². The number of halogens is 1. The molecule has 0 spiro atoms. The molecule has 0 fully saturated rings. The van der Waals surface area contributed by atoms with E-state index < -0.39 is 5.82 Å². The van der Waals surface area contributed by atoms with Crippen LogP contribution in [-0.2, 0) is 0 Å². The van der Waals surface area contributed by atoms with Crippen LogP contribution in [0.15, 0.2) is 34.7 Å². The first kappa shape index (κ1) is 10.9. The number of ether oxygens (including phenoxy) is 1. The number of aldehydes is 1. The fourth-order valence-electron chi connectivity index (χ4n) is 1.21. The Labute approximate surface area is 95.8 Å². The zero-order chi connectivity index (χ0) is 12.3. The number of carbonyl (C=O) groups is 1. The number of carbonyl (C=O) groups excluding carboxylic acids is 1. The average molecular weight is 231 g/mol. The molecule has 5 heteroatoms. The summed E-state index contributed by atoms with van der Waals surface area (Å²) in [5, 5.41) is 8.56. The molecule has 0 aliphatic carbocycles. The lowest BCUT2D eigenvalue weighted by Gasteiger charge is -2.02. The second kappa shape index (κ2) is 4.49. The highest BCUT2D eigenvalue weighted by atomic mass is 19.1. The van der Waals surface area contributed by atoms with Gasteiger partial charge in [0.1, 0.15) is 0 Å². The van der Waals surface area contributed by atoms with Crippen LogP contribution in [-0.4, -0.2) is 6.29 Å². The van der Waals surface area contributed by atoms with Crippen LogP contribution < -0.4 is 4.74 Å². The molecule has 2 rings (SSSR count). The maximum absolute atomic E-state index is 13.4. The maximum Gasteiger partial charge on any atom is 0.290 e. The summed E-state index contributed by atoms with van der Waals surface area (Å²) in [4.78, 5) is 10.4. The van der Waals surface area contributed by atoms with Gasteiger partial charge in [-0.1, -0.05) is 0 Å². The summed E-state index contributed by atoms with van der Waals surface area (Å²) in [7, 11) is 0. The Balaban J connectivity index is 2.24. The number of hydrogen-bond acceptors (Lipinski definition) is 4. The van der Waals surface area contributed by atoms with Crippen molar-refractivity contribution in [2.45, 2.75) is 0 Å². The van der Waals surface area contributed by atoms with E-state index in [1.165, 1.54) is 24.3 Å². The monoisotopic (exact) mass is 231 g/mol. The van der Waals surface area contributed by atoms with Crippen LogP contribution >= 0.6 is 0 Å². The molecule has 0 saturated heterocycles. The number of benzene rings is 1. The van der Waals surface area contributed by atoms with Crippen LogP contribution in [0, 0.1) is 17.1 Å². The van der Waals surface area contributed by atoms with E-state index in [-0.39, 0.29) is 23.0 Å². The molecule has 0 aliphatic rings. The van der Waals surface area contributed by atoms with Crippen LogP contribution in [0.2, 0.25) is 0 Å². The Morgan fingerprint density at radius 1 is 1.35 bits per heavy atom. The molecule has 0 aliphatic heterocycles. The largest absolute Gasteiger partial charge is 0.423 e. The molecule has 17 heavy (non-hydrogen) atoms. The third-order valence-electron chi connectivity index (χ3n) is 1.99. The Hall–Kier alpha value is -2.61. The quantitative estimate of drug-likeness (QED) is 0.762. The van der Waals surface area contributed by atoms with Gasteiger partial charge in [0.25, 0.3) is 5.95 Å². The fourth-order valence-corrected chi connectivity index (χ4v) is 1.21. The highest BCUT2D eigenvalue weighted by Crippen LogP contribution is 2.26. The smallest absolute Gasteiger partial charge is 0.290 e. The highest BCUT2D eigenvalue weighted by Gasteiger charge is 2.08. The summed E-state index contributed by atoms with van der Waals surface area (Å²) in [6, 6.07) is 8.41. The van der Waals surface area contributed by atoms with Crippen molar-refractivity contribution in [3.63, 3.8) is 0 Å². The predicted octanol–water partition coefficient (Wildman–Crippen LogP) is 2.90. The minimum Gasteiger partial charge on any atom is -0.423 e. The van der Waals surface area contributed by atoms with E-state index in [4.69, 9.17) is 14.4 Å². The summed E-state index contributed by atoms with van der Waals surface area (Å²) in [6.07, 6.45) is 0.516. The average Bonchev–Trinajstić information content (AvgIpc) is 2.79. The first-order chi connectivity index (χ1) is 8.22. The van der Waals surface area contributed by atoms with E-state index >= 15 is 0 Å². The molecule has 0 amide bonds. The summed E-state index contributed by atoms with van der Waals surface area (Å²) < 4.78 is 23.4. The molecule has 0 atom stereocenters. The van der Waals surface area contributed by atoms with Gasteiger partial charge in [0.2, 0.25) is 0 Å². The minimum absolute atomic E-state index is 0.00991. The second-order valence-electron chi connectivity index (χ2n) is 3.13. The van der Waals surface area contributed by atoms with Gasteiger partial charge in [-0.3, -0.25) is 4.79 Å². The number of rotatable bonds is 3. The lowest BCUT2D eigenvalue weighted by molar-refractivity contribution is 0.109. The van der Waals surface area contributed by atoms with E-state index in [9.17, 15) is 9.18 Å². The van der Waals surface area contributed by atoms with Gasteiger partial charge in [0, 0.05) is 6.07 Å². The van der Waals surface area contributed by atoms with Gasteiger partial charge in [-0.2, -0.15) is 5.26 Å². The van der Waals surface area contributed by atoms with Crippen molar-refractivity contribution in [3.8, 4) is 17.8 Å².